The number of hydrogen-bond donors (Lipinski definition) is 1. The Morgan fingerprint density at radius 3 is 2.91 bits per heavy atom. The number of carbonyl (C=O) groups is 2. The first-order valence-corrected chi connectivity index (χ1v) is 7.95. The van der Waals surface area contributed by atoms with Crippen molar-refractivity contribution in [3.8, 4) is 0 Å². The molecule has 2 heterocycles. The first kappa shape index (κ1) is 17.1. The van der Waals surface area contributed by atoms with Crippen molar-refractivity contribution in [3.63, 3.8) is 0 Å². The Morgan fingerprint density at radius 2 is 2.22 bits per heavy atom. The van der Waals surface area contributed by atoms with Crippen LogP contribution in [0.2, 0.25) is 0 Å². The van der Waals surface area contributed by atoms with Crippen molar-refractivity contribution < 1.29 is 9.59 Å². The van der Waals surface area contributed by atoms with E-state index in [-0.39, 0.29) is 17.9 Å². The third-order valence-corrected chi connectivity index (χ3v) is 4.07. The summed E-state index contributed by atoms with van der Waals surface area (Å²) in [7, 11) is 0. The Labute approximate surface area is 137 Å². The van der Waals surface area contributed by atoms with Gasteiger partial charge in [0.15, 0.2) is 0 Å². The van der Waals surface area contributed by atoms with Crippen LogP contribution < -0.4 is 5.32 Å². The van der Waals surface area contributed by atoms with Gasteiger partial charge in [-0.1, -0.05) is 6.08 Å². The van der Waals surface area contributed by atoms with Gasteiger partial charge in [-0.25, -0.2) is 0 Å². The van der Waals surface area contributed by atoms with Crippen LogP contribution in [-0.2, 0) is 4.79 Å². The van der Waals surface area contributed by atoms with Crippen LogP contribution in [0.15, 0.2) is 37.2 Å². The summed E-state index contributed by atoms with van der Waals surface area (Å²) in [5, 5.41) is 2.82. The van der Waals surface area contributed by atoms with Gasteiger partial charge < -0.3 is 10.2 Å². The van der Waals surface area contributed by atoms with Gasteiger partial charge in [-0.05, 0) is 25.5 Å². The molecule has 1 aliphatic heterocycles. The molecule has 23 heavy (non-hydrogen) atoms. The quantitative estimate of drug-likeness (QED) is 0.821. The first-order valence-electron chi connectivity index (χ1n) is 7.95. The summed E-state index contributed by atoms with van der Waals surface area (Å²) >= 11 is 0. The number of hydrogen-bond acceptors (Lipinski definition) is 4. The van der Waals surface area contributed by atoms with Crippen molar-refractivity contribution in [2.24, 2.45) is 0 Å². The Hall–Kier alpha value is -2.21. The maximum atomic E-state index is 12.5. The van der Waals surface area contributed by atoms with E-state index in [1.165, 1.54) is 0 Å². The molecule has 0 aromatic carbocycles. The van der Waals surface area contributed by atoms with E-state index >= 15 is 0 Å². The maximum absolute atomic E-state index is 12.5. The lowest BCUT2D eigenvalue weighted by molar-refractivity contribution is -0.125. The predicted molar refractivity (Wildman–Crippen MR) is 89.0 cm³/mol. The average Bonchev–Trinajstić information content (AvgIpc) is 2.85. The SMILES string of the molecule is C=CCNC(=O)C(C)N1CCCN(C(=O)c2cccnc2)CC1. The van der Waals surface area contributed by atoms with Gasteiger partial charge in [0.25, 0.3) is 5.91 Å². The molecule has 1 aromatic rings. The zero-order valence-corrected chi connectivity index (χ0v) is 13.6. The highest BCUT2D eigenvalue weighted by Crippen LogP contribution is 2.10. The normalized spacial score (nSPS) is 17.2. The zero-order chi connectivity index (χ0) is 16.7. The Balaban J connectivity index is 1.93. The number of rotatable bonds is 5. The van der Waals surface area contributed by atoms with E-state index in [0.717, 1.165) is 13.0 Å². The Kier molecular flexibility index (Phi) is 6.29. The average molecular weight is 316 g/mol. The third kappa shape index (κ3) is 4.63. The molecule has 1 unspecified atom stereocenters. The summed E-state index contributed by atoms with van der Waals surface area (Å²) in [5.41, 5.74) is 0.609. The zero-order valence-electron chi connectivity index (χ0n) is 13.6. The number of amides is 2. The molecule has 0 aliphatic carbocycles. The van der Waals surface area contributed by atoms with Crippen LogP contribution in [-0.4, -0.2) is 65.4 Å². The van der Waals surface area contributed by atoms with Crippen LogP contribution in [0.1, 0.15) is 23.7 Å². The molecule has 1 fully saturated rings. The third-order valence-electron chi connectivity index (χ3n) is 4.07. The molecule has 2 amide bonds. The fourth-order valence-electron chi connectivity index (χ4n) is 2.69. The van der Waals surface area contributed by atoms with E-state index in [1.54, 1.807) is 30.6 Å². The van der Waals surface area contributed by atoms with Crippen LogP contribution >= 0.6 is 0 Å². The molecular weight excluding hydrogens is 292 g/mol. The summed E-state index contributed by atoms with van der Waals surface area (Å²) in [6, 6.07) is 3.34. The molecule has 0 spiro atoms. The lowest BCUT2D eigenvalue weighted by atomic mass is 10.2. The molecule has 0 bridgehead atoms. The van der Waals surface area contributed by atoms with Gasteiger partial charge in [-0.3, -0.25) is 19.5 Å². The molecule has 0 radical (unpaired) electrons. The highest BCUT2D eigenvalue weighted by Gasteiger charge is 2.25. The molecule has 0 saturated carbocycles. The number of nitrogens with one attached hydrogen (secondary N) is 1. The van der Waals surface area contributed by atoms with Crippen molar-refractivity contribution in [1.82, 2.24) is 20.1 Å². The summed E-state index contributed by atoms with van der Waals surface area (Å²) in [6.07, 6.45) is 5.77. The minimum Gasteiger partial charge on any atom is -0.351 e. The van der Waals surface area contributed by atoms with Gasteiger partial charge in [-0.15, -0.1) is 6.58 Å². The van der Waals surface area contributed by atoms with Gasteiger partial charge in [0.1, 0.15) is 0 Å². The van der Waals surface area contributed by atoms with Crippen molar-refractivity contribution in [3.05, 3.63) is 42.7 Å². The molecule has 6 heteroatoms. The highest BCUT2D eigenvalue weighted by molar-refractivity contribution is 5.93. The maximum Gasteiger partial charge on any atom is 0.255 e. The van der Waals surface area contributed by atoms with Crippen molar-refractivity contribution in [2.45, 2.75) is 19.4 Å². The Bertz CT molecular complexity index is 547. The minimum atomic E-state index is -0.205. The fraction of sp³-hybridized carbons (Fsp3) is 0.471. The minimum absolute atomic E-state index is 0.00284. The van der Waals surface area contributed by atoms with Crippen LogP contribution in [0.25, 0.3) is 0 Å². The van der Waals surface area contributed by atoms with Crippen LogP contribution in [0.4, 0.5) is 0 Å². The second kappa shape index (κ2) is 8.43. The second-order valence-electron chi connectivity index (χ2n) is 5.63. The van der Waals surface area contributed by atoms with Gasteiger partial charge in [0, 0.05) is 45.1 Å². The predicted octanol–water partition coefficient (Wildman–Crippen LogP) is 0.920. The Morgan fingerprint density at radius 1 is 1.39 bits per heavy atom. The molecule has 1 N–H and O–H groups in total. The molecule has 1 aromatic heterocycles. The first-order chi connectivity index (χ1) is 11.1. The number of nitrogens with zero attached hydrogens (tertiary/aromatic N) is 3. The lowest BCUT2D eigenvalue weighted by Gasteiger charge is -2.26. The van der Waals surface area contributed by atoms with Crippen LogP contribution in [0.5, 0.6) is 0 Å². The van der Waals surface area contributed by atoms with Crippen LogP contribution in [0.3, 0.4) is 0 Å². The van der Waals surface area contributed by atoms with E-state index in [9.17, 15) is 9.59 Å². The van der Waals surface area contributed by atoms with E-state index in [2.05, 4.69) is 21.8 Å². The summed E-state index contributed by atoms with van der Waals surface area (Å²) in [5.74, 6) is 0.000600. The summed E-state index contributed by atoms with van der Waals surface area (Å²) in [6.45, 7) is 8.79. The van der Waals surface area contributed by atoms with Crippen molar-refractivity contribution >= 4 is 11.8 Å². The van der Waals surface area contributed by atoms with Crippen molar-refractivity contribution in [2.75, 3.05) is 32.7 Å². The van der Waals surface area contributed by atoms with E-state index in [4.69, 9.17) is 0 Å². The smallest absolute Gasteiger partial charge is 0.255 e. The van der Waals surface area contributed by atoms with E-state index < -0.39 is 0 Å². The largest absolute Gasteiger partial charge is 0.351 e. The molecule has 2 rings (SSSR count). The topological polar surface area (TPSA) is 65.5 Å². The number of pyridine rings is 1. The molecule has 6 nitrogen and oxygen atoms in total. The number of aromatic nitrogens is 1. The second-order valence-corrected chi connectivity index (χ2v) is 5.63. The van der Waals surface area contributed by atoms with Gasteiger partial charge >= 0.3 is 0 Å². The fourth-order valence-corrected chi connectivity index (χ4v) is 2.69. The van der Waals surface area contributed by atoms with Gasteiger partial charge in [0.2, 0.25) is 5.91 Å². The van der Waals surface area contributed by atoms with Crippen molar-refractivity contribution in [1.29, 1.82) is 0 Å². The standard InChI is InChI=1S/C17H24N4O2/c1-3-7-19-16(22)14(2)20-9-5-10-21(12-11-20)17(23)15-6-4-8-18-13-15/h3-4,6,8,13-14H,1,5,7,9-12H2,2H3,(H,19,22). The molecule has 1 aliphatic rings. The molecule has 124 valence electrons. The molecule has 1 saturated heterocycles. The number of carbonyl (C=O) groups excluding carboxylic acids is 2. The molecular formula is C17H24N4O2. The van der Waals surface area contributed by atoms with E-state index in [1.807, 2.05) is 11.8 Å². The summed E-state index contributed by atoms with van der Waals surface area (Å²) in [4.78, 5) is 32.5. The highest BCUT2D eigenvalue weighted by atomic mass is 16.2. The van der Waals surface area contributed by atoms with Gasteiger partial charge in [0.05, 0.1) is 11.6 Å². The summed E-state index contributed by atoms with van der Waals surface area (Å²) < 4.78 is 0. The van der Waals surface area contributed by atoms with Gasteiger partial charge in [-0.2, -0.15) is 0 Å². The van der Waals surface area contributed by atoms with Crippen LogP contribution in [0, 0.1) is 0 Å². The lowest BCUT2D eigenvalue weighted by Crippen LogP contribution is -2.46. The monoisotopic (exact) mass is 316 g/mol. The van der Waals surface area contributed by atoms with E-state index in [0.29, 0.717) is 31.7 Å². The molecule has 1 atom stereocenters.